The Kier molecular flexibility index (Phi) is 5.26. The molecule has 1 rings (SSSR count). The molecule has 0 aliphatic rings. The molecule has 6 nitrogen and oxygen atoms in total. The number of hydrogen-bond donors (Lipinski definition) is 1. The van der Waals surface area contributed by atoms with E-state index in [9.17, 15) is 4.79 Å². The minimum Gasteiger partial charge on any atom is -0.496 e. The Morgan fingerprint density at radius 1 is 1.11 bits per heavy atom. The van der Waals surface area contributed by atoms with Crippen LogP contribution in [0.25, 0.3) is 0 Å². The number of benzene rings is 1. The first-order valence-electron chi connectivity index (χ1n) is 5.38. The number of rotatable bonds is 6. The fourth-order valence-corrected chi connectivity index (χ4v) is 1.30. The molecule has 0 unspecified atom stereocenters. The number of carbonyl (C=O) groups is 1. The summed E-state index contributed by atoms with van der Waals surface area (Å²) in [6, 6.07) is 5.10. The Hall–Kier alpha value is -1.95. The van der Waals surface area contributed by atoms with Gasteiger partial charge in [-0.05, 0) is 0 Å². The average molecular weight is 254 g/mol. The highest BCUT2D eigenvalue weighted by Gasteiger charge is 2.06. The molecule has 1 N–H and O–H groups in total. The Morgan fingerprint density at radius 3 is 2.06 bits per heavy atom. The summed E-state index contributed by atoms with van der Waals surface area (Å²) in [7, 11) is 6.56. The van der Waals surface area contributed by atoms with Crippen LogP contribution in [0.5, 0.6) is 17.2 Å². The molecule has 100 valence electrons. The number of ether oxygens (including phenoxy) is 3. The van der Waals surface area contributed by atoms with Crippen LogP contribution in [0.1, 0.15) is 0 Å². The molecular weight excluding hydrogens is 236 g/mol. The monoisotopic (exact) mass is 254 g/mol. The molecule has 0 bridgehead atoms. The molecule has 0 saturated heterocycles. The fraction of sp³-hybridized carbons (Fsp3) is 0.417. The Balaban J connectivity index is 2.63. The summed E-state index contributed by atoms with van der Waals surface area (Å²) in [5, 5.41) is 1.55. The van der Waals surface area contributed by atoms with Crippen LogP contribution >= 0.6 is 0 Å². The maximum atomic E-state index is 11.4. The number of amides is 1. The number of hydrazine groups is 1. The van der Waals surface area contributed by atoms with Gasteiger partial charge in [0, 0.05) is 32.3 Å². The van der Waals surface area contributed by atoms with Crippen molar-refractivity contribution in [3.63, 3.8) is 0 Å². The van der Waals surface area contributed by atoms with Gasteiger partial charge in [0.25, 0.3) is 5.91 Å². The molecule has 1 amide bonds. The predicted molar refractivity (Wildman–Crippen MR) is 66.9 cm³/mol. The van der Waals surface area contributed by atoms with E-state index < -0.39 is 0 Å². The van der Waals surface area contributed by atoms with Crippen molar-refractivity contribution in [3.8, 4) is 17.2 Å². The summed E-state index contributed by atoms with van der Waals surface area (Å²) in [5.74, 6) is 1.50. The lowest BCUT2D eigenvalue weighted by atomic mass is 10.3. The first kappa shape index (κ1) is 14.1. The second-order valence-electron chi connectivity index (χ2n) is 3.77. The highest BCUT2D eigenvalue weighted by atomic mass is 16.5. The molecule has 0 heterocycles. The van der Waals surface area contributed by atoms with Crippen molar-refractivity contribution in [2.75, 3.05) is 34.9 Å². The standard InChI is InChI=1S/C12H18N2O4/c1-14(2)13-12(15)8-18-11-6-9(16-3)5-10(7-11)17-4/h5-7H,8H2,1-4H3,(H,13,15). The molecule has 1 aromatic carbocycles. The quantitative estimate of drug-likeness (QED) is 0.756. The lowest BCUT2D eigenvalue weighted by Gasteiger charge is -2.13. The van der Waals surface area contributed by atoms with Crippen molar-refractivity contribution in [1.29, 1.82) is 0 Å². The van der Waals surface area contributed by atoms with Crippen LogP contribution in [-0.4, -0.2) is 45.8 Å². The summed E-state index contributed by atoms with van der Waals surface area (Å²) >= 11 is 0. The maximum absolute atomic E-state index is 11.4. The van der Waals surface area contributed by atoms with Crippen molar-refractivity contribution in [3.05, 3.63) is 18.2 Å². The lowest BCUT2D eigenvalue weighted by molar-refractivity contribution is -0.126. The Bertz CT molecular complexity index is 385. The van der Waals surface area contributed by atoms with Crippen LogP contribution in [0, 0.1) is 0 Å². The summed E-state index contributed by atoms with van der Waals surface area (Å²) in [4.78, 5) is 11.4. The smallest absolute Gasteiger partial charge is 0.272 e. The van der Waals surface area contributed by atoms with E-state index in [2.05, 4.69) is 5.43 Å². The molecule has 18 heavy (non-hydrogen) atoms. The van der Waals surface area contributed by atoms with E-state index in [-0.39, 0.29) is 12.5 Å². The van der Waals surface area contributed by atoms with E-state index >= 15 is 0 Å². The molecule has 0 fully saturated rings. The van der Waals surface area contributed by atoms with Gasteiger partial charge in [-0.25, -0.2) is 5.01 Å². The van der Waals surface area contributed by atoms with E-state index in [1.807, 2.05) is 0 Å². The second-order valence-corrected chi connectivity index (χ2v) is 3.77. The third-order valence-electron chi connectivity index (χ3n) is 2.04. The fourth-order valence-electron chi connectivity index (χ4n) is 1.30. The second kappa shape index (κ2) is 6.70. The SMILES string of the molecule is COc1cc(OC)cc(OCC(=O)NN(C)C)c1. The molecule has 0 saturated carbocycles. The van der Waals surface area contributed by atoms with Gasteiger partial charge in [0.2, 0.25) is 0 Å². The van der Waals surface area contributed by atoms with Crippen LogP contribution in [-0.2, 0) is 4.79 Å². The number of nitrogens with one attached hydrogen (secondary N) is 1. The van der Waals surface area contributed by atoms with Crippen molar-refractivity contribution < 1.29 is 19.0 Å². The zero-order valence-electron chi connectivity index (χ0n) is 11.0. The molecule has 0 atom stereocenters. The maximum Gasteiger partial charge on any atom is 0.272 e. The van der Waals surface area contributed by atoms with Gasteiger partial charge >= 0.3 is 0 Å². The third-order valence-corrected chi connectivity index (χ3v) is 2.04. The minimum absolute atomic E-state index is 0.0749. The zero-order valence-corrected chi connectivity index (χ0v) is 11.0. The topological polar surface area (TPSA) is 60.0 Å². The first-order chi connectivity index (χ1) is 8.55. The third kappa shape index (κ3) is 4.50. The molecule has 0 aliphatic heterocycles. The van der Waals surface area contributed by atoms with Gasteiger partial charge in [-0.1, -0.05) is 0 Å². The van der Waals surface area contributed by atoms with E-state index in [0.717, 1.165) is 0 Å². The van der Waals surface area contributed by atoms with Crippen molar-refractivity contribution in [2.45, 2.75) is 0 Å². The molecule has 6 heteroatoms. The van der Waals surface area contributed by atoms with E-state index in [4.69, 9.17) is 14.2 Å². The largest absolute Gasteiger partial charge is 0.496 e. The van der Waals surface area contributed by atoms with Gasteiger partial charge in [0.05, 0.1) is 14.2 Å². The van der Waals surface area contributed by atoms with Crippen LogP contribution in [0.15, 0.2) is 18.2 Å². The van der Waals surface area contributed by atoms with Crippen molar-refractivity contribution in [1.82, 2.24) is 10.4 Å². The zero-order chi connectivity index (χ0) is 13.5. The first-order valence-corrected chi connectivity index (χ1v) is 5.38. The minimum atomic E-state index is -0.234. The molecule has 1 aromatic rings. The van der Waals surface area contributed by atoms with Crippen molar-refractivity contribution in [2.24, 2.45) is 0 Å². The molecule has 0 aliphatic carbocycles. The average Bonchev–Trinajstić information content (AvgIpc) is 2.35. The highest BCUT2D eigenvalue weighted by Crippen LogP contribution is 2.27. The number of nitrogens with zero attached hydrogens (tertiary/aromatic N) is 1. The van der Waals surface area contributed by atoms with E-state index in [1.165, 1.54) is 0 Å². The van der Waals surface area contributed by atoms with Gasteiger partial charge in [-0.15, -0.1) is 0 Å². The van der Waals surface area contributed by atoms with Crippen molar-refractivity contribution >= 4 is 5.91 Å². The lowest BCUT2D eigenvalue weighted by Crippen LogP contribution is -2.39. The van der Waals surface area contributed by atoms with Crippen LogP contribution < -0.4 is 19.6 Å². The van der Waals surface area contributed by atoms with E-state index in [0.29, 0.717) is 17.2 Å². The predicted octanol–water partition coefficient (Wildman–Crippen LogP) is 0.675. The van der Waals surface area contributed by atoms with Crippen LogP contribution in [0.3, 0.4) is 0 Å². The summed E-state index contributed by atoms with van der Waals surface area (Å²) in [6.07, 6.45) is 0. The molecule has 0 aromatic heterocycles. The summed E-state index contributed by atoms with van der Waals surface area (Å²) < 4.78 is 15.6. The number of methoxy groups -OCH3 is 2. The molecular formula is C12H18N2O4. The van der Waals surface area contributed by atoms with E-state index in [1.54, 1.807) is 51.5 Å². The number of hydrogen-bond acceptors (Lipinski definition) is 5. The van der Waals surface area contributed by atoms with Gasteiger partial charge in [-0.2, -0.15) is 0 Å². The van der Waals surface area contributed by atoms with Gasteiger partial charge in [0.1, 0.15) is 17.2 Å². The molecule has 0 radical (unpaired) electrons. The van der Waals surface area contributed by atoms with Crippen LogP contribution in [0.2, 0.25) is 0 Å². The summed E-state index contributed by atoms with van der Waals surface area (Å²) in [6.45, 7) is -0.0749. The normalized spacial score (nSPS) is 10.1. The summed E-state index contributed by atoms with van der Waals surface area (Å²) in [5.41, 5.74) is 2.58. The Morgan fingerprint density at radius 2 is 1.61 bits per heavy atom. The number of carbonyl (C=O) groups excluding carboxylic acids is 1. The molecule has 0 spiro atoms. The van der Waals surface area contributed by atoms with Gasteiger partial charge in [-0.3, -0.25) is 10.2 Å². The Labute approximate surface area is 106 Å². The van der Waals surface area contributed by atoms with Gasteiger partial charge < -0.3 is 14.2 Å². The van der Waals surface area contributed by atoms with Gasteiger partial charge in [0.15, 0.2) is 6.61 Å². The van der Waals surface area contributed by atoms with Crippen LogP contribution in [0.4, 0.5) is 0 Å². The highest BCUT2D eigenvalue weighted by molar-refractivity contribution is 5.76.